The molecule has 0 saturated carbocycles. The van der Waals surface area contributed by atoms with Crippen LogP contribution >= 0.6 is 24.0 Å². The first kappa shape index (κ1) is 15.6. The molecular weight excluding hydrogens is 295 g/mol. The van der Waals surface area contributed by atoms with Crippen LogP contribution < -0.4 is 10.6 Å². The minimum Gasteiger partial charge on any atom is -0.349 e. The molecule has 0 radical (unpaired) electrons. The van der Waals surface area contributed by atoms with Gasteiger partial charge in [0.2, 0.25) is 0 Å². The fourth-order valence-corrected chi connectivity index (χ4v) is 3.56. The number of aryl methyl sites for hydroxylation is 1. The van der Waals surface area contributed by atoms with Crippen molar-refractivity contribution in [1.82, 2.24) is 10.6 Å². The van der Waals surface area contributed by atoms with Crippen molar-refractivity contribution in [3.05, 3.63) is 34.3 Å². The predicted molar refractivity (Wildman–Crippen MR) is 83.9 cm³/mol. The second-order valence-electron chi connectivity index (χ2n) is 5.76. The molecule has 110 valence electrons. The summed E-state index contributed by atoms with van der Waals surface area (Å²) in [6.07, 6.45) is 4.54. The van der Waals surface area contributed by atoms with E-state index in [4.69, 9.17) is 11.6 Å². The molecule has 1 aromatic rings. The molecule has 20 heavy (non-hydrogen) atoms. The summed E-state index contributed by atoms with van der Waals surface area (Å²) < 4.78 is 0. The van der Waals surface area contributed by atoms with Crippen LogP contribution in [0.1, 0.15) is 41.6 Å². The smallest absolute Gasteiger partial charge is 0.253 e. The van der Waals surface area contributed by atoms with Gasteiger partial charge in [-0.05, 0) is 50.3 Å². The van der Waals surface area contributed by atoms with Crippen LogP contribution in [-0.4, -0.2) is 24.0 Å². The maximum Gasteiger partial charge on any atom is 0.253 e. The van der Waals surface area contributed by atoms with Gasteiger partial charge in [-0.1, -0.05) is 17.7 Å². The highest BCUT2D eigenvalue weighted by molar-refractivity contribution is 6.33. The number of rotatable bonds is 2. The normalized spacial score (nSPS) is 27.8. The molecule has 2 N–H and O–H groups in total. The second kappa shape index (κ2) is 6.33. The monoisotopic (exact) mass is 314 g/mol. The Morgan fingerprint density at radius 3 is 2.55 bits per heavy atom. The summed E-state index contributed by atoms with van der Waals surface area (Å²) in [5, 5.41) is 7.24. The van der Waals surface area contributed by atoms with E-state index in [0.29, 0.717) is 22.7 Å². The van der Waals surface area contributed by atoms with Crippen LogP contribution in [0.4, 0.5) is 0 Å². The van der Waals surface area contributed by atoms with Gasteiger partial charge in [0.25, 0.3) is 5.91 Å². The fourth-order valence-electron chi connectivity index (χ4n) is 3.24. The van der Waals surface area contributed by atoms with E-state index in [2.05, 4.69) is 10.6 Å². The lowest BCUT2D eigenvalue weighted by atomic mass is 9.99. The van der Waals surface area contributed by atoms with E-state index in [1.807, 2.05) is 25.1 Å². The van der Waals surface area contributed by atoms with E-state index in [1.54, 1.807) is 0 Å². The van der Waals surface area contributed by atoms with Crippen LogP contribution in [0.2, 0.25) is 5.02 Å². The van der Waals surface area contributed by atoms with Crippen molar-refractivity contribution in [3.8, 4) is 0 Å². The standard InChI is InChI=1S/C15H19ClN2O.ClH/c1-9-2-5-13(14(16)6-9)15(19)18-12-7-10-3-4-11(8-12)17-10;/h2,5-6,10-12,17H,3-4,7-8H2,1H3,(H,18,19);1H. The highest BCUT2D eigenvalue weighted by Gasteiger charge is 2.34. The molecule has 2 saturated heterocycles. The lowest BCUT2D eigenvalue weighted by Gasteiger charge is -2.29. The molecule has 0 aromatic heterocycles. The highest BCUT2D eigenvalue weighted by atomic mass is 35.5. The first-order valence-corrected chi connectivity index (χ1v) is 7.32. The molecule has 0 aliphatic carbocycles. The molecule has 1 amide bonds. The first-order chi connectivity index (χ1) is 9.11. The number of hydrogen-bond donors (Lipinski definition) is 2. The molecule has 5 heteroatoms. The topological polar surface area (TPSA) is 41.1 Å². The average molecular weight is 315 g/mol. The molecule has 2 fully saturated rings. The highest BCUT2D eigenvalue weighted by Crippen LogP contribution is 2.27. The van der Waals surface area contributed by atoms with Gasteiger partial charge in [0.1, 0.15) is 0 Å². The number of carbonyl (C=O) groups excluding carboxylic acids is 1. The van der Waals surface area contributed by atoms with Gasteiger partial charge >= 0.3 is 0 Å². The van der Waals surface area contributed by atoms with E-state index < -0.39 is 0 Å². The molecule has 2 aliphatic heterocycles. The summed E-state index contributed by atoms with van der Waals surface area (Å²) in [5.74, 6) is -0.0451. The number of benzene rings is 1. The van der Waals surface area contributed by atoms with Gasteiger partial charge in [-0.2, -0.15) is 0 Å². The molecular formula is C15H20Cl2N2O. The molecule has 2 heterocycles. The Morgan fingerprint density at radius 2 is 1.95 bits per heavy atom. The van der Waals surface area contributed by atoms with Gasteiger partial charge in [-0.15, -0.1) is 12.4 Å². The summed E-state index contributed by atoms with van der Waals surface area (Å²) in [6, 6.07) is 7.01. The average Bonchev–Trinajstić information content (AvgIpc) is 2.68. The van der Waals surface area contributed by atoms with Crippen molar-refractivity contribution >= 4 is 29.9 Å². The van der Waals surface area contributed by atoms with Crippen molar-refractivity contribution in [1.29, 1.82) is 0 Å². The van der Waals surface area contributed by atoms with Crippen molar-refractivity contribution in [2.45, 2.75) is 50.7 Å². The molecule has 1 aromatic carbocycles. The summed E-state index contributed by atoms with van der Waals surface area (Å²) in [5.41, 5.74) is 1.65. The van der Waals surface area contributed by atoms with Gasteiger partial charge in [0.05, 0.1) is 10.6 Å². The van der Waals surface area contributed by atoms with Crippen molar-refractivity contribution in [3.63, 3.8) is 0 Å². The Morgan fingerprint density at radius 1 is 1.30 bits per heavy atom. The Bertz CT molecular complexity index is 495. The Hall–Kier alpha value is -0.770. The van der Waals surface area contributed by atoms with Gasteiger partial charge in [0, 0.05) is 18.1 Å². The number of hydrogen-bond acceptors (Lipinski definition) is 2. The number of halogens is 2. The van der Waals surface area contributed by atoms with Crippen LogP contribution in [0.15, 0.2) is 18.2 Å². The molecule has 2 aliphatic rings. The van der Waals surface area contributed by atoms with E-state index in [1.165, 1.54) is 12.8 Å². The minimum atomic E-state index is -0.0451. The van der Waals surface area contributed by atoms with Gasteiger partial charge < -0.3 is 10.6 Å². The zero-order valence-corrected chi connectivity index (χ0v) is 13.1. The SMILES string of the molecule is Cc1ccc(C(=O)NC2CC3CCC(C2)N3)c(Cl)c1.Cl. The maximum absolute atomic E-state index is 12.3. The summed E-state index contributed by atoms with van der Waals surface area (Å²) in [6.45, 7) is 1.97. The van der Waals surface area contributed by atoms with Gasteiger partial charge in [-0.3, -0.25) is 4.79 Å². The molecule has 2 atom stereocenters. The van der Waals surface area contributed by atoms with E-state index >= 15 is 0 Å². The lowest BCUT2D eigenvalue weighted by molar-refractivity contribution is 0.0924. The zero-order chi connectivity index (χ0) is 13.4. The lowest BCUT2D eigenvalue weighted by Crippen LogP contribution is -2.48. The van der Waals surface area contributed by atoms with E-state index in [-0.39, 0.29) is 24.4 Å². The van der Waals surface area contributed by atoms with Crippen LogP contribution in [0.3, 0.4) is 0 Å². The Kier molecular flexibility index (Phi) is 4.95. The first-order valence-electron chi connectivity index (χ1n) is 6.95. The van der Waals surface area contributed by atoms with Crippen molar-refractivity contribution < 1.29 is 4.79 Å². The minimum absolute atomic E-state index is 0. The number of fused-ring (bicyclic) bond motifs is 2. The summed E-state index contributed by atoms with van der Waals surface area (Å²) in [4.78, 5) is 12.3. The molecule has 3 rings (SSSR count). The second-order valence-corrected chi connectivity index (χ2v) is 6.17. The third-order valence-electron chi connectivity index (χ3n) is 4.18. The number of carbonyl (C=O) groups is 1. The van der Waals surface area contributed by atoms with Crippen LogP contribution in [0.5, 0.6) is 0 Å². The van der Waals surface area contributed by atoms with Crippen LogP contribution in [0, 0.1) is 6.92 Å². The number of nitrogens with one attached hydrogen (secondary N) is 2. The molecule has 3 nitrogen and oxygen atoms in total. The van der Waals surface area contributed by atoms with Crippen LogP contribution in [-0.2, 0) is 0 Å². The van der Waals surface area contributed by atoms with Crippen LogP contribution in [0.25, 0.3) is 0 Å². The fraction of sp³-hybridized carbons (Fsp3) is 0.533. The van der Waals surface area contributed by atoms with Crippen molar-refractivity contribution in [2.24, 2.45) is 0 Å². The third-order valence-corrected chi connectivity index (χ3v) is 4.49. The Balaban J connectivity index is 0.00000147. The van der Waals surface area contributed by atoms with Gasteiger partial charge in [0.15, 0.2) is 0 Å². The number of piperidine rings is 1. The van der Waals surface area contributed by atoms with E-state index in [0.717, 1.165) is 18.4 Å². The van der Waals surface area contributed by atoms with Crippen molar-refractivity contribution in [2.75, 3.05) is 0 Å². The van der Waals surface area contributed by atoms with E-state index in [9.17, 15) is 4.79 Å². The molecule has 0 spiro atoms. The molecule has 2 unspecified atom stereocenters. The third kappa shape index (κ3) is 3.27. The Labute approximate surface area is 130 Å². The predicted octanol–water partition coefficient (Wildman–Crippen LogP) is 3.08. The quantitative estimate of drug-likeness (QED) is 0.880. The number of amides is 1. The molecule has 2 bridgehead atoms. The zero-order valence-electron chi connectivity index (χ0n) is 11.5. The maximum atomic E-state index is 12.3. The summed E-state index contributed by atoms with van der Waals surface area (Å²) in [7, 11) is 0. The largest absolute Gasteiger partial charge is 0.349 e. The summed E-state index contributed by atoms with van der Waals surface area (Å²) >= 11 is 6.14. The van der Waals surface area contributed by atoms with Gasteiger partial charge in [-0.25, -0.2) is 0 Å².